The van der Waals surface area contributed by atoms with Gasteiger partial charge in [-0.25, -0.2) is 13.1 Å². The van der Waals surface area contributed by atoms with Crippen LogP contribution in [0.3, 0.4) is 0 Å². The van der Waals surface area contributed by atoms with E-state index in [0.29, 0.717) is 5.92 Å². The summed E-state index contributed by atoms with van der Waals surface area (Å²) in [5, 5.41) is 18.6. The molecule has 3 fully saturated rings. The SMILES string of the molecule is CS(=O)(=O)NCc1csc2c1S(=O)(=O)N=C(C1=C(O)C3C4CCC(CC4)C3NC1=O)N2. The lowest BCUT2D eigenvalue weighted by Gasteiger charge is -2.50. The number of aliphatic hydroxyl groups is 1. The molecule has 0 radical (unpaired) electrons. The Labute approximate surface area is 183 Å². The summed E-state index contributed by atoms with van der Waals surface area (Å²) in [5.74, 6) is -0.493. The highest BCUT2D eigenvalue weighted by molar-refractivity contribution is 7.91. The van der Waals surface area contributed by atoms with Crippen molar-refractivity contribution < 1.29 is 26.7 Å². The minimum Gasteiger partial charge on any atom is -0.511 e. The lowest BCUT2D eigenvalue weighted by atomic mass is 9.59. The van der Waals surface area contributed by atoms with Gasteiger partial charge in [0.1, 0.15) is 21.2 Å². The zero-order valence-electron chi connectivity index (χ0n) is 16.6. The molecule has 0 spiro atoms. The van der Waals surface area contributed by atoms with Crippen LogP contribution in [0.4, 0.5) is 5.00 Å². The van der Waals surface area contributed by atoms with E-state index in [9.17, 15) is 26.7 Å². The Kier molecular flexibility index (Phi) is 4.74. The molecule has 1 amide bonds. The van der Waals surface area contributed by atoms with Crippen LogP contribution in [0.2, 0.25) is 0 Å². The molecule has 3 saturated carbocycles. The van der Waals surface area contributed by atoms with E-state index in [1.54, 1.807) is 0 Å². The Morgan fingerprint density at radius 3 is 2.61 bits per heavy atom. The first-order valence-corrected chi connectivity index (χ1v) is 14.2. The second kappa shape index (κ2) is 7.02. The largest absolute Gasteiger partial charge is 0.511 e. The molecule has 0 saturated heterocycles. The number of sulfonamides is 2. The molecule has 3 aliphatic carbocycles. The number of carbonyl (C=O) groups is 1. The Balaban J connectivity index is 1.52. The molecule has 3 heterocycles. The summed E-state index contributed by atoms with van der Waals surface area (Å²) in [6, 6.07) is -0.129. The number of amidine groups is 1. The van der Waals surface area contributed by atoms with Crippen LogP contribution in [-0.4, -0.2) is 46.0 Å². The Morgan fingerprint density at radius 2 is 1.94 bits per heavy atom. The van der Waals surface area contributed by atoms with Gasteiger partial charge in [0.15, 0.2) is 5.84 Å². The van der Waals surface area contributed by atoms with Gasteiger partial charge < -0.3 is 15.7 Å². The maximum atomic E-state index is 12.9. The normalized spacial score (nSPS) is 31.4. The van der Waals surface area contributed by atoms with Gasteiger partial charge in [0.25, 0.3) is 15.9 Å². The van der Waals surface area contributed by atoms with E-state index in [-0.39, 0.29) is 57.1 Å². The molecule has 13 heteroatoms. The first-order valence-electron chi connectivity index (χ1n) is 9.96. The highest BCUT2D eigenvalue weighted by Gasteiger charge is 2.51. The first-order chi connectivity index (χ1) is 14.5. The number of nitrogens with zero attached hydrogens (tertiary/aromatic N) is 1. The molecule has 5 aliphatic rings. The number of thiophene rings is 1. The fraction of sp³-hybridized carbons (Fsp3) is 0.556. The van der Waals surface area contributed by atoms with Crippen molar-refractivity contribution in [3.8, 4) is 0 Å². The minimum absolute atomic E-state index is 0.0939. The highest BCUT2D eigenvalue weighted by atomic mass is 32.2. The van der Waals surface area contributed by atoms with E-state index in [1.807, 2.05) is 0 Å². The van der Waals surface area contributed by atoms with Crippen LogP contribution in [-0.2, 0) is 31.4 Å². The molecule has 168 valence electrons. The van der Waals surface area contributed by atoms with Gasteiger partial charge in [-0.1, -0.05) is 0 Å². The van der Waals surface area contributed by atoms with Crippen molar-refractivity contribution >= 4 is 48.1 Å². The maximum absolute atomic E-state index is 12.9. The van der Waals surface area contributed by atoms with Gasteiger partial charge in [-0.15, -0.1) is 15.7 Å². The summed E-state index contributed by atoms with van der Waals surface area (Å²) < 4.78 is 54.7. The summed E-state index contributed by atoms with van der Waals surface area (Å²) in [6.45, 7) is -0.197. The quantitative estimate of drug-likeness (QED) is 0.496. The monoisotopic (exact) mass is 486 g/mol. The smallest absolute Gasteiger partial charge is 0.287 e. The Bertz CT molecular complexity index is 1240. The number of carbonyl (C=O) groups excluding carboxylic acids is 1. The van der Waals surface area contributed by atoms with Gasteiger partial charge in [-0.3, -0.25) is 4.79 Å². The molecule has 2 bridgehead atoms. The van der Waals surface area contributed by atoms with Crippen LogP contribution in [0.5, 0.6) is 0 Å². The second-order valence-electron chi connectivity index (χ2n) is 8.51. The average Bonchev–Trinajstić information content (AvgIpc) is 3.10. The molecule has 4 N–H and O–H groups in total. The molecule has 0 aromatic carbocycles. The van der Waals surface area contributed by atoms with Crippen LogP contribution in [0.15, 0.2) is 26.0 Å². The molecule has 1 aromatic heterocycles. The van der Waals surface area contributed by atoms with Crippen LogP contribution in [0, 0.1) is 17.8 Å². The molecule has 10 nitrogen and oxygen atoms in total. The third kappa shape index (κ3) is 3.47. The third-order valence-electron chi connectivity index (χ3n) is 6.60. The van der Waals surface area contributed by atoms with E-state index in [4.69, 9.17) is 0 Å². The second-order valence-corrected chi connectivity index (χ2v) is 12.8. The number of hydrogen-bond acceptors (Lipinski definition) is 8. The van der Waals surface area contributed by atoms with Gasteiger partial charge >= 0.3 is 0 Å². The fourth-order valence-corrected chi connectivity index (χ4v) is 8.30. The average molecular weight is 487 g/mol. The molecule has 1 aromatic rings. The van der Waals surface area contributed by atoms with Crippen molar-refractivity contribution in [3.63, 3.8) is 0 Å². The maximum Gasteiger partial charge on any atom is 0.287 e. The van der Waals surface area contributed by atoms with E-state index in [2.05, 4.69) is 19.8 Å². The summed E-state index contributed by atoms with van der Waals surface area (Å²) in [5.41, 5.74) is 0.129. The number of rotatable bonds is 4. The molecule has 31 heavy (non-hydrogen) atoms. The standard InChI is InChI=1S/C18H22N4O6S3/c1-30(25,26)19-6-10-7-29-18-15(10)31(27,28)22-16(21-18)12-14(23)11-8-2-4-9(5-3-8)13(11)20-17(12)24/h7-9,11,13,19,23H,2-6H2,1H3,(H,20,24)(H,21,22). The van der Waals surface area contributed by atoms with Crippen LogP contribution >= 0.6 is 11.3 Å². The zero-order chi connectivity index (χ0) is 22.1. The van der Waals surface area contributed by atoms with Gasteiger partial charge in [-0.2, -0.15) is 8.42 Å². The van der Waals surface area contributed by atoms with Gasteiger partial charge in [-0.05, 0) is 42.9 Å². The summed E-state index contributed by atoms with van der Waals surface area (Å²) in [7, 11) is -7.72. The number of fused-ring (bicyclic) bond motifs is 3. The highest BCUT2D eigenvalue weighted by Crippen LogP contribution is 2.49. The van der Waals surface area contributed by atoms with Crippen LogP contribution in [0.1, 0.15) is 31.2 Å². The molecular formula is C18H22N4O6S3. The molecule has 2 aliphatic heterocycles. The van der Waals surface area contributed by atoms with E-state index >= 15 is 0 Å². The van der Waals surface area contributed by atoms with Crippen molar-refractivity contribution in [2.75, 3.05) is 11.6 Å². The van der Waals surface area contributed by atoms with Crippen molar-refractivity contribution in [1.82, 2.24) is 10.0 Å². The van der Waals surface area contributed by atoms with E-state index in [0.717, 1.165) is 43.3 Å². The molecule has 2 unspecified atom stereocenters. The zero-order valence-corrected chi connectivity index (χ0v) is 19.0. The van der Waals surface area contributed by atoms with E-state index < -0.39 is 26.0 Å². The van der Waals surface area contributed by atoms with Crippen LogP contribution < -0.4 is 15.4 Å². The third-order valence-corrected chi connectivity index (χ3v) is 9.74. The number of nitrogens with one attached hydrogen (secondary N) is 3. The molecular weight excluding hydrogens is 464 g/mol. The van der Waals surface area contributed by atoms with Crippen molar-refractivity contribution in [2.45, 2.75) is 43.2 Å². The summed E-state index contributed by atoms with van der Waals surface area (Å²) in [6.07, 6.45) is 4.97. The Morgan fingerprint density at radius 1 is 1.26 bits per heavy atom. The van der Waals surface area contributed by atoms with Gasteiger partial charge in [0.05, 0.1) is 6.26 Å². The van der Waals surface area contributed by atoms with Gasteiger partial charge in [0, 0.05) is 24.1 Å². The lowest BCUT2D eigenvalue weighted by molar-refractivity contribution is -0.121. The van der Waals surface area contributed by atoms with Crippen LogP contribution in [0.25, 0.3) is 0 Å². The number of hydrogen-bond donors (Lipinski definition) is 4. The van der Waals surface area contributed by atoms with E-state index in [1.165, 1.54) is 5.38 Å². The molecule has 2 atom stereocenters. The van der Waals surface area contributed by atoms with Crippen molar-refractivity contribution in [3.05, 3.63) is 22.3 Å². The number of aliphatic hydroxyl groups excluding tert-OH is 1. The van der Waals surface area contributed by atoms with Crippen molar-refractivity contribution in [1.29, 1.82) is 0 Å². The Hall–Kier alpha value is -1.96. The van der Waals surface area contributed by atoms with Crippen molar-refractivity contribution in [2.24, 2.45) is 22.2 Å². The summed E-state index contributed by atoms with van der Waals surface area (Å²) in [4.78, 5) is 12.7. The van der Waals surface area contributed by atoms with Gasteiger partial charge in [0.2, 0.25) is 10.0 Å². The predicted octanol–water partition coefficient (Wildman–Crippen LogP) is 1.06. The number of amides is 1. The lowest BCUT2D eigenvalue weighted by Crippen LogP contribution is -2.58. The summed E-state index contributed by atoms with van der Waals surface area (Å²) >= 11 is 1.07. The predicted molar refractivity (Wildman–Crippen MR) is 115 cm³/mol. The number of anilines is 1. The minimum atomic E-state index is -4.21. The topological polar surface area (TPSA) is 154 Å². The fourth-order valence-electron chi connectivity index (χ4n) is 5.27. The molecule has 6 rings (SSSR count). The first kappa shape index (κ1) is 20.9.